The molecule has 2 saturated heterocycles. The minimum absolute atomic E-state index is 0.0145. The maximum absolute atomic E-state index is 14.5. The molecule has 2 aliphatic heterocycles. The van der Waals surface area contributed by atoms with Gasteiger partial charge in [-0.3, -0.25) is 19.2 Å². The second-order valence-electron chi connectivity index (χ2n) is 16.2. The van der Waals surface area contributed by atoms with Gasteiger partial charge in [0.2, 0.25) is 17.6 Å². The molecule has 2 heterocycles. The number of rotatable bonds is 11. The molecule has 13 heteroatoms. The SMILES string of the molecule is CCC[C@H](NC(=O)[C@@H]1[C@H]2CCC[C@H]2CN1C(=O)[C@@H](NC(=O)NC1([C@H]2CCCCS2(=O)=O)CCCCC1)C(C)(C)C)C(=O)C(=O)NC1CC1. The summed E-state index contributed by atoms with van der Waals surface area (Å²) in [5.74, 6) is -2.00. The average molecular weight is 692 g/mol. The molecule has 0 spiro atoms. The van der Waals surface area contributed by atoms with Crippen molar-refractivity contribution in [2.24, 2.45) is 17.3 Å². The Morgan fingerprint density at radius 3 is 2.21 bits per heavy atom. The minimum Gasteiger partial charge on any atom is -0.347 e. The maximum atomic E-state index is 14.5. The van der Waals surface area contributed by atoms with Crippen molar-refractivity contribution in [2.75, 3.05) is 12.3 Å². The van der Waals surface area contributed by atoms with Gasteiger partial charge in [-0.05, 0) is 75.0 Å². The zero-order valence-corrected chi connectivity index (χ0v) is 30.1. The number of hydrogen-bond acceptors (Lipinski definition) is 7. The molecule has 4 N–H and O–H groups in total. The maximum Gasteiger partial charge on any atom is 0.315 e. The summed E-state index contributed by atoms with van der Waals surface area (Å²) in [4.78, 5) is 69.7. The summed E-state index contributed by atoms with van der Waals surface area (Å²) in [5, 5.41) is 11.0. The number of Topliss-reactive ketones (excluding diaryl/α,β-unsaturated/α-hetero) is 1. The first-order chi connectivity index (χ1) is 22.7. The number of carbonyl (C=O) groups is 5. The fourth-order valence-electron chi connectivity index (χ4n) is 8.82. The van der Waals surface area contributed by atoms with Gasteiger partial charge in [0, 0.05) is 12.6 Å². The second-order valence-corrected chi connectivity index (χ2v) is 18.5. The molecular formula is C35H57N5O7S. The van der Waals surface area contributed by atoms with E-state index in [1.165, 1.54) is 0 Å². The zero-order chi connectivity index (χ0) is 34.9. The molecule has 12 nitrogen and oxygen atoms in total. The van der Waals surface area contributed by atoms with Crippen LogP contribution in [0.5, 0.6) is 0 Å². The van der Waals surface area contributed by atoms with E-state index >= 15 is 0 Å². The van der Waals surface area contributed by atoms with Crippen LogP contribution in [0.1, 0.15) is 124 Å². The van der Waals surface area contributed by atoms with Crippen LogP contribution in [-0.4, -0.2) is 90.1 Å². The van der Waals surface area contributed by atoms with E-state index in [2.05, 4.69) is 21.3 Å². The first kappa shape index (κ1) is 36.6. The molecule has 0 bridgehead atoms. The number of nitrogens with one attached hydrogen (secondary N) is 4. The third-order valence-corrected chi connectivity index (χ3v) is 13.9. The van der Waals surface area contributed by atoms with E-state index < -0.39 is 67.8 Å². The summed E-state index contributed by atoms with van der Waals surface area (Å²) in [6.45, 7) is 7.83. The number of amides is 5. The lowest BCUT2D eigenvalue weighted by molar-refractivity contribution is -0.144. The van der Waals surface area contributed by atoms with Crippen molar-refractivity contribution >= 4 is 39.4 Å². The van der Waals surface area contributed by atoms with Crippen molar-refractivity contribution in [3.05, 3.63) is 0 Å². The molecule has 3 aliphatic carbocycles. The van der Waals surface area contributed by atoms with Gasteiger partial charge >= 0.3 is 6.03 Å². The number of hydrogen-bond donors (Lipinski definition) is 4. The van der Waals surface area contributed by atoms with E-state index in [0.29, 0.717) is 45.1 Å². The van der Waals surface area contributed by atoms with E-state index in [1.807, 2.05) is 27.7 Å². The van der Waals surface area contributed by atoms with Crippen LogP contribution in [0.3, 0.4) is 0 Å². The van der Waals surface area contributed by atoms with Gasteiger partial charge < -0.3 is 26.2 Å². The van der Waals surface area contributed by atoms with Gasteiger partial charge in [0.15, 0.2) is 9.84 Å². The summed E-state index contributed by atoms with van der Waals surface area (Å²) in [6, 6.07) is -3.35. The molecule has 5 amide bonds. The summed E-state index contributed by atoms with van der Waals surface area (Å²) in [6.07, 6.45) is 10.9. The number of ketones is 1. The molecule has 0 aromatic rings. The predicted molar refractivity (Wildman–Crippen MR) is 181 cm³/mol. The first-order valence-corrected chi connectivity index (χ1v) is 20.1. The Morgan fingerprint density at radius 2 is 1.58 bits per heavy atom. The van der Waals surface area contributed by atoms with E-state index in [0.717, 1.165) is 57.8 Å². The molecular weight excluding hydrogens is 634 g/mol. The number of fused-ring (bicyclic) bond motifs is 1. The quantitative estimate of drug-likeness (QED) is 0.241. The summed E-state index contributed by atoms with van der Waals surface area (Å²) in [5.41, 5.74) is -1.61. The minimum atomic E-state index is -3.38. The van der Waals surface area contributed by atoms with Crippen LogP contribution in [0.15, 0.2) is 0 Å². The van der Waals surface area contributed by atoms with Gasteiger partial charge in [-0.1, -0.05) is 66.2 Å². The van der Waals surface area contributed by atoms with E-state index in [-0.39, 0.29) is 29.5 Å². The summed E-state index contributed by atoms with van der Waals surface area (Å²) < 4.78 is 26.5. The number of urea groups is 1. The standard InChI is InChI=1S/C35H57N5O7S/c1-5-12-25(28(41)31(43)36-23-16-17-23)37-30(42)27-24-14-11-13-22(24)21-40(27)32(44)29(34(2,3)4)38-33(45)39-35(18-8-6-9-19-35)26-15-7-10-20-48(26,46)47/h22-27,29H,5-21H2,1-4H3,(H,36,43)(H,37,42)(H2,38,39,45)/t22-,24-,25-,26+,27-,29+/m0/s1. The Labute approximate surface area is 286 Å². The van der Waals surface area contributed by atoms with Gasteiger partial charge in [-0.15, -0.1) is 0 Å². The third-order valence-electron chi connectivity index (χ3n) is 11.5. The molecule has 5 aliphatic rings. The molecule has 3 saturated carbocycles. The van der Waals surface area contributed by atoms with E-state index in [9.17, 15) is 32.4 Å². The molecule has 0 unspecified atom stereocenters. The largest absolute Gasteiger partial charge is 0.347 e. The summed E-state index contributed by atoms with van der Waals surface area (Å²) >= 11 is 0. The van der Waals surface area contributed by atoms with Gasteiger partial charge in [0.25, 0.3) is 5.91 Å². The number of sulfone groups is 1. The van der Waals surface area contributed by atoms with E-state index in [4.69, 9.17) is 0 Å². The van der Waals surface area contributed by atoms with Crippen LogP contribution in [0.25, 0.3) is 0 Å². The van der Waals surface area contributed by atoms with Crippen LogP contribution in [0, 0.1) is 17.3 Å². The third kappa shape index (κ3) is 8.02. The van der Waals surface area contributed by atoms with Gasteiger partial charge in [0.05, 0.1) is 22.6 Å². The van der Waals surface area contributed by atoms with Gasteiger partial charge in [-0.2, -0.15) is 0 Å². The Kier molecular flexibility index (Phi) is 11.2. The highest BCUT2D eigenvalue weighted by molar-refractivity contribution is 7.92. The van der Waals surface area contributed by atoms with Gasteiger partial charge in [0.1, 0.15) is 12.1 Å². The van der Waals surface area contributed by atoms with Crippen molar-refractivity contribution in [1.82, 2.24) is 26.2 Å². The lowest BCUT2D eigenvalue weighted by Gasteiger charge is -2.45. The van der Waals surface area contributed by atoms with Crippen molar-refractivity contribution in [3.63, 3.8) is 0 Å². The second kappa shape index (κ2) is 14.6. The smallest absolute Gasteiger partial charge is 0.315 e. The molecule has 5 rings (SSSR count). The first-order valence-electron chi connectivity index (χ1n) is 18.4. The highest BCUT2D eigenvalue weighted by Crippen LogP contribution is 2.43. The Balaban J connectivity index is 1.34. The predicted octanol–water partition coefficient (Wildman–Crippen LogP) is 3.13. The molecule has 0 radical (unpaired) electrons. The number of likely N-dealkylation sites (tertiary alicyclic amines) is 1. The normalized spacial score (nSPS) is 29.2. The lowest BCUT2D eigenvalue weighted by Crippen LogP contribution is -2.66. The molecule has 6 atom stereocenters. The average Bonchev–Trinajstić information content (AvgIpc) is 3.58. The Hall–Kier alpha value is -2.70. The summed E-state index contributed by atoms with van der Waals surface area (Å²) in [7, 11) is -3.38. The van der Waals surface area contributed by atoms with E-state index in [1.54, 1.807) is 4.90 Å². The Bertz CT molecular complexity index is 1350. The van der Waals surface area contributed by atoms with Crippen LogP contribution in [0.2, 0.25) is 0 Å². The zero-order valence-electron chi connectivity index (χ0n) is 29.3. The van der Waals surface area contributed by atoms with Crippen molar-refractivity contribution in [2.45, 2.75) is 159 Å². The number of carbonyl (C=O) groups excluding carboxylic acids is 5. The van der Waals surface area contributed by atoms with Crippen LogP contribution >= 0.6 is 0 Å². The van der Waals surface area contributed by atoms with Crippen LogP contribution < -0.4 is 21.3 Å². The fraction of sp³-hybridized carbons (Fsp3) is 0.857. The molecule has 0 aromatic heterocycles. The Morgan fingerprint density at radius 1 is 0.875 bits per heavy atom. The topological polar surface area (TPSA) is 171 Å². The molecule has 270 valence electrons. The number of nitrogens with zero attached hydrogens (tertiary/aromatic N) is 1. The van der Waals surface area contributed by atoms with Crippen molar-refractivity contribution in [1.29, 1.82) is 0 Å². The molecule has 48 heavy (non-hydrogen) atoms. The van der Waals surface area contributed by atoms with Crippen molar-refractivity contribution < 1.29 is 32.4 Å². The van der Waals surface area contributed by atoms with Crippen molar-refractivity contribution in [3.8, 4) is 0 Å². The monoisotopic (exact) mass is 691 g/mol. The van der Waals surface area contributed by atoms with Crippen LogP contribution in [-0.2, 0) is 29.0 Å². The van der Waals surface area contributed by atoms with Gasteiger partial charge in [-0.25, -0.2) is 13.2 Å². The van der Waals surface area contributed by atoms with Crippen LogP contribution in [0.4, 0.5) is 4.79 Å². The fourth-order valence-corrected chi connectivity index (χ4v) is 11.2. The highest BCUT2D eigenvalue weighted by Gasteiger charge is 2.53. The highest BCUT2D eigenvalue weighted by atomic mass is 32.2. The molecule has 0 aromatic carbocycles. The molecule has 5 fully saturated rings. The lowest BCUT2D eigenvalue weighted by atomic mass is 9.77.